The molecule has 212 valence electrons. The molecule has 1 saturated heterocycles. The van der Waals surface area contributed by atoms with E-state index in [4.69, 9.17) is 9.47 Å². The van der Waals surface area contributed by atoms with Gasteiger partial charge in [0.15, 0.2) is 17.3 Å². The molecule has 1 aliphatic heterocycles. The van der Waals surface area contributed by atoms with Crippen LogP contribution in [0.4, 0.5) is 16.0 Å². The van der Waals surface area contributed by atoms with Crippen LogP contribution in [0.2, 0.25) is 0 Å². The van der Waals surface area contributed by atoms with Gasteiger partial charge in [0.05, 0.1) is 30.8 Å². The van der Waals surface area contributed by atoms with Crippen LogP contribution in [0.15, 0.2) is 60.9 Å². The van der Waals surface area contributed by atoms with E-state index in [1.165, 1.54) is 6.20 Å². The van der Waals surface area contributed by atoms with Crippen LogP contribution in [-0.4, -0.2) is 59.4 Å². The standard InChI is InChI=1S/C30H35FN4O5/c1-30(2,29(37)38)17-22-11-9-21(10-12-22)16-28(36)34-26-18-32-19-27(33-26)35-14-5-6-23(20-35)40-25-8-4-3-7-24(25)39-15-13-31/h3-4,7-12,18-19,23H,5-6,13-17,20H2,1-2H3,(H,37,38)(H,33,34,36)/t23-/m1/s1. The van der Waals surface area contributed by atoms with Gasteiger partial charge in [-0.3, -0.25) is 14.6 Å². The van der Waals surface area contributed by atoms with Crippen LogP contribution >= 0.6 is 0 Å². The number of amides is 1. The van der Waals surface area contributed by atoms with E-state index in [0.717, 1.165) is 30.5 Å². The first-order valence-corrected chi connectivity index (χ1v) is 13.4. The normalized spacial score (nSPS) is 15.4. The highest BCUT2D eigenvalue weighted by atomic mass is 19.1. The number of piperidine rings is 1. The third-order valence-electron chi connectivity index (χ3n) is 6.68. The van der Waals surface area contributed by atoms with Crippen molar-refractivity contribution in [2.75, 3.05) is 36.6 Å². The molecule has 4 rings (SSSR count). The summed E-state index contributed by atoms with van der Waals surface area (Å²) in [5, 5.41) is 12.2. The van der Waals surface area contributed by atoms with Gasteiger partial charge < -0.3 is 24.8 Å². The van der Waals surface area contributed by atoms with Gasteiger partial charge in [-0.15, -0.1) is 0 Å². The van der Waals surface area contributed by atoms with E-state index < -0.39 is 18.1 Å². The van der Waals surface area contributed by atoms with Crippen molar-refractivity contribution in [3.63, 3.8) is 0 Å². The van der Waals surface area contributed by atoms with Crippen molar-refractivity contribution in [3.8, 4) is 11.5 Å². The van der Waals surface area contributed by atoms with Crippen molar-refractivity contribution in [3.05, 3.63) is 72.1 Å². The molecule has 0 saturated carbocycles. The van der Waals surface area contributed by atoms with Gasteiger partial charge in [-0.25, -0.2) is 9.37 Å². The second-order valence-electron chi connectivity index (χ2n) is 10.5. The van der Waals surface area contributed by atoms with Gasteiger partial charge >= 0.3 is 5.97 Å². The number of carboxylic acids is 1. The van der Waals surface area contributed by atoms with Crippen molar-refractivity contribution in [2.24, 2.45) is 5.41 Å². The first kappa shape index (κ1) is 28.8. The number of carboxylic acid groups (broad SMARTS) is 1. The number of ether oxygens (including phenoxy) is 2. The summed E-state index contributed by atoms with van der Waals surface area (Å²) in [6.07, 6.45) is 5.34. The van der Waals surface area contributed by atoms with Crippen molar-refractivity contribution in [2.45, 2.75) is 45.6 Å². The molecule has 0 spiro atoms. The molecule has 2 aromatic carbocycles. The van der Waals surface area contributed by atoms with Crippen LogP contribution in [0.25, 0.3) is 0 Å². The topological polar surface area (TPSA) is 114 Å². The van der Waals surface area contributed by atoms with E-state index >= 15 is 0 Å². The van der Waals surface area contributed by atoms with Crippen LogP contribution in [0, 0.1) is 5.41 Å². The fraction of sp³-hybridized carbons (Fsp3) is 0.400. The van der Waals surface area contributed by atoms with Gasteiger partial charge in [-0.2, -0.15) is 0 Å². The largest absolute Gasteiger partial charge is 0.487 e. The molecule has 10 heteroatoms. The van der Waals surface area contributed by atoms with Crippen molar-refractivity contribution in [1.29, 1.82) is 0 Å². The number of nitrogens with zero attached hydrogens (tertiary/aromatic N) is 3. The lowest BCUT2D eigenvalue weighted by molar-refractivity contribution is -0.146. The van der Waals surface area contributed by atoms with Crippen LogP contribution in [0.3, 0.4) is 0 Å². The summed E-state index contributed by atoms with van der Waals surface area (Å²) in [7, 11) is 0. The molecule has 9 nitrogen and oxygen atoms in total. The monoisotopic (exact) mass is 550 g/mol. The molecule has 1 atom stereocenters. The zero-order valence-electron chi connectivity index (χ0n) is 22.8. The van der Waals surface area contributed by atoms with Crippen LogP contribution in [0.1, 0.15) is 37.8 Å². The van der Waals surface area contributed by atoms with E-state index in [9.17, 15) is 19.1 Å². The number of anilines is 2. The number of aromatic nitrogens is 2. The Hall–Kier alpha value is -4.21. The number of rotatable bonds is 12. The smallest absolute Gasteiger partial charge is 0.309 e. The molecule has 40 heavy (non-hydrogen) atoms. The van der Waals surface area contributed by atoms with Crippen LogP contribution in [-0.2, 0) is 22.4 Å². The van der Waals surface area contributed by atoms with Gasteiger partial charge in [0.2, 0.25) is 5.91 Å². The molecular formula is C30H35FN4O5. The Morgan fingerprint density at radius 1 is 1.10 bits per heavy atom. The molecule has 3 aromatic rings. The lowest BCUT2D eigenvalue weighted by Gasteiger charge is -2.33. The third-order valence-corrected chi connectivity index (χ3v) is 6.68. The number of aliphatic carboxylic acids is 1. The van der Waals surface area contributed by atoms with Crippen molar-refractivity contribution >= 4 is 23.5 Å². The van der Waals surface area contributed by atoms with Gasteiger partial charge in [-0.1, -0.05) is 36.4 Å². The summed E-state index contributed by atoms with van der Waals surface area (Å²) >= 11 is 0. The van der Waals surface area contributed by atoms with Gasteiger partial charge in [-0.05, 0) is 56.4 Å². The van der Waals surface area contributed by atoms with Gasteiger partial charge in [0, 0.05) is 6.54 Å². The Kier molecular flexibility index (Phi) is 9.52. The summed E-state index contributed by atoms with van der Waals surface area (Å²) in [6, 6.07) is 14.6. The number of nitrogens with one attached hydrogen (secondary N) is 1. The molecule has 1 fully saturated rings. The summed E-state index contributed by atoms with van der Waals surface area (Å²) in [5.41, 5.74) is 0.845. The van der Waals surface area contributed by atoms with Crippen molar-refractivity contribution < 1.29 is 28.6 Å². The number of carbonyl (C=O) groups excluding carboxylic acids is 1. The maximum absolute atomic E-state index is 12.7. The second-order valence-corrected chi connectivity index (χ2v) is 10.5. The van der Waals surface area contributed by atoms with E-state index in [1.54, 1.807) is 26.1 Å². The highest BCUT2D eigenvalue weighted by Crippen LogP contribution is 2.30. The Morgan fingerprint density at radius 3 is 2.55 bits per heavy atom. The average Bonchev–Trinajstić information content (AvgIpc) is 2.94. The minimum absolute atomic E-state index is 0.0261. The number of hydrogen-bond acceptors (Lipinski definition) is 7. The summed E-state index contributed by atoms with van der Waals surface area (Å²) in [5.74, 6) is 1.01. The lowest BCUT2D eigenvalue weighted by Crippen LogP contribution is -2.41. The average molecular weight is 551 g/mol. The molecule has 0 unspecified atom stereocenters. The third kappa shape index (κ3) is 7.91. The Labute approximate surface area is 233 Å². The number of halogens is 1. The maximum Gasteiger partial charge on any atom is 0.309 e. The molecule has 2 heterocycles. The lowest BCUT2D eigenvalue weighted by atomic mass is 9.86. The molecule has 2 N–H and O–H groups in total. The molecule has 1 aliphatic rings. The Bertz CT molecular complexity index is 1300. The number of benzene rings is 2. The predicted octanol–water partition coefficient (Wildman–Crippen LogP) is 4.71. The number of alkyl halides is 1. The predicted molar refractivity (Wildman–Crippen MR) is 150 cm³/mol. The van der Waals surface area contributed by atoms with E-state index in [2.05, 4.69) is 20.2 Å². The second kappa shape index (κ2) is 13.2. The van der Waals surface area contributed by atoms with E-state index in [0.29, 0.717) is 36.1 Å². The minimum Gasteiger partial charge on any atom is -0.487 e. The Morgan fingerprint density at radius 2 is 1.82 bits per heavy atom. The molecule has 0 aliphatic carbocycles. The molecular weight excluding hydrogens is 515 g/mol. The quantitative estimate of drug-likeness (QED) is 0.333. The maximum atomic E-state index is 12.7. The highest BCUT2D eigenvalue weighted by Gasteiger charge is 2.27. The van der Waals surface area contributed by atoms with Gasteiger partial charge in [0.1, 0.15) is 25.2 Å². The number of para-hydroxylation sites is 2. The van der Waals surface area contributed by atoms with E-state index in [1.807, 2.05) is 42.5 Å². The number of hydrogen-bond donors (Lipinski definition) is 2. The molecule has 1 aromatic heterocycles. The zero-order chi connectivity index (χ0) is 28.5. The molecule has 1 amide bonds. The van der Waals surface area contributed by atoms with E-state index in [-0.39, 0.29) is 25.0 Å². The first-order valence-electron chi connectivity index (χ1n) is 13.4. The fourth-order valence-electron chi connectivity index (χ4n) is 4.54. The fourth-order valence-corrected chi connectivity index (χ4v) is 4.54. The minimum atomic E-state index is -0.863. The van der Waals surface area contributed by atoms with Gasteiger partial charge in [0.25, 0.3) is 0 Å². The van der Waals surface area contributed by atoms with Crippen LogP contribution < -0.4 is 19.7 Å². The van der Waals surface area contributed by atoms with Crippen molar-refractivity contribution in [1.82, 2.24) is 9.97 Å². The zero-order valence-corrected chi connectivity index (χ0v) is 22.8. The Balaban J connectivity index is 1.33. The molecule has 0 bridgehead atoms. The summed E-state index contributed by atoms with van der Waals surface area (Å²) in [4.78, 5) is 35.0. The first-order chi connectivity index (χ1) is 19.2. The highest BCUT2D eigenvalue weighted by molar-refractivity contribution is 5.91. The van der Waals surface area contributed by atoms with Crippen LogP contribution in [0.5, 0.6) is 11.5 Å². The number of carbonyl (C=O) groups is 2. The SMILES string of the molecule is CC(C)(Cc1ccc(CC(=O)Nc2cncc(N3CCC[C@@H](Oc4ccccc4OCCF)C3)n2)cc1)C(=O)O. The summed E-state index contributed by atoms with van der Waals surface area (Å²) in [6.45, 7) is 4.13. The molecule has 0 radical (unpaired) electrons. The summed E-state index contributed by atoms with van der Waals surface area (Å²) < 4.78 is 24.3.